The van der Waals surface area contributed by atoms with E-state index in [0.717, 1.165) is 12.8 Å². The number of hydrogen-bond donors (Lipinski definition) is 3. The molecule has 2 rings (SSSR count). The van der Waals surface area contributed by atoms with Crippen LogP contribution in [0.15, 0.2) is 18.2 Å². The molecular weight excluding hydrogens is 216 g/mol. The van der Waals surface area contributed by atoms with Crippen LogP contribution in [0.1, 0.15) is 28.8 Å². The van der Waals surface area contributed by atoms with Gasteiger partial charge in [-0.1, -0.05) is 12.1 Å². The molecule has 0 radical (unpaired) electrons. The highest BCUT2D eigenvalue weighted by atomic mass is 16.3. The van der Waals surface area contributed by atoms with E-state index in [4.69, 9.17) is 5.73 Å². The van der Waals surface area contributed by atoms with Crippen molar-refractivity contribution < 1.29 is 9.90 Å². The molecule has 0 unspecified atom stereocenters. The van der Waals surface area contributed by atoms with Gasteiger partial charge in [-0.25, -0.2) is 0 Å². The number of aryl methyl sites for hydroxylation is 1. The topological polar surface area (TPSA) is 75.4 Å². The first-order valence-electron chi connectivity index (χ1n) is 5.90. The van der Waals surface area contributed by atoms with Gasteiger partial charge in [-0.2, -0.15) is 0 Å². The number of benzene rings is 1. The standard InChI is InChI=1S/C13H18N2O2/c1-8-3-2-4-11(12(8)16)13(17)15-7-9-5-10(14)6-9/h2-4,9-10,16H,5-7,14H2,1H3,(H,15,17). The normalized spacial score (nSPS) is 22.9. The van der Waals surface area contributed by atoms with Crippen molar-refractivity contribution >= 4 is 5.91 Å². The first-order valence-corrected chi connectivity index (χ1v) is 5.90. The second-order valence-electron chi connectivity index (χ2n) is 4.78. The summed E-state index contributed by atoms with van der Waals surface area (Å²) in [6, 6.07) is 5.47. The van der Waals surface area contributed by atoms with Crippen molar-refractivity contribution in [3.05, 3.63) is 29.3 Å². The number of para-hydroxylation sites is 1. The van der Waals surface area contributed by atoms with E-state index in [2.05, 4.69) is 5.32 Å². The fraction of sp³-hybridized carbons (Fsp3) is 0.462. The third-order valence-electron chi connectivity index (χ3n) is 3.31. The van der Waals surface area contributed by atoms with Crippen LogP contribution in [0.2, 0.25) is 0 Å². The Labute approximate surface area is 101 Å². The number of carbonyl (C=O) groups excluding carboxylic acids is 1. The van der Waals surface area contributed by atoms with Gasteiger partial charge in [0.05, 0.1) is 5.56 Å². The molecule has 17 heavy (non-hydrogen) atoms. The van der Waals surface area contributed by atoms with Crippen molar-refractivity contribution in [2.75, 3.05) is 6.54 Å². The Morgan fingerprint density at radius 2 is 2.24 bits per heavy atom. The summed E-state index contributed by atoms with van der Waals surface area (Å²) < 4.78 is 0. The number of rotatable bonds is 3. The molecule has 4 heteroatoms. The zero-order valence-corrected chi connectivity index (χ0v) is 9.94. The van der Waals surface area contributed by atoms with Crippen LogP contribution in [-0.4, -0.2) is 23.6 Å². The predicted octanol–water partition coefficient (Wildman–Crippen LogP) is 1.17. The van der Waals surface area contributed by atoms with E-state index >= 15 is 0 Å². The van der Waals surface area contributed by atoms with E-state index in [9.17, 15) is 9.90 Å². The van der Waals surface area contributed by atoms with Crippen LogP contribution in [-0.2, 0) is 0 Å². The molecule has 1 aromatic carbocycles. The fourth-order valence-corrected chi connectivity index (χ4v) is 2.13. The van der Waals surface area contributed by atoms with Crippen LogP contribution in [0, 0.1) is 12.8 Å². The average Bonchev–Trinajstić information content (AvgIpc) is 2.26. The van der Waals surface area contributed by atoms with E-state index < -0.39 is 0 Å². The molecule has 1 aliphatic carbocycles. The summed E-state index contributed by atoms with van der Waals surface area (Å²) in [5, 5.41) is 12.6. The van der Waals surface area contributed by atoms with E-state index in [1.807, 2.05) is 0 Å². The SMILES string of the molecule is Cc1cccc(C(=O)NCC2CC(N)C2)c1O. The van der Waals surface area contributed by atoms with Crippen LogP contribution < -0.4 is 11.1 Å². The van der Waals surface area contributed by atoms with Gasteiger partial charge in [-0.3, -0.25) is 4.79 Å². The minimum absolute atomic E-state index is 0.0651. The summed E-state index contributed by atoms with van der Waals surface area (Å²) in [6.07, 6.45) is 1.94. The van der Waals surface area contributed by atoms with Gasteiger partial charge in [0, 0.05) is 12.6 Å². The summed E-state index contributed by atoms with van der Waals surface area (Å²) in [4.78, 5) is 11.8. The molecule has 0 saturated heterocycles. The van der Waals surface area contributed by atoms with Crippen LogP contribution in [0.4, 0.5) is 0 Å². The van der Waals surface area contributed by atoms with Crippen molar-refractivity contribution in [1.82, 2.24) is 5.32 Å². The second-order valence-corrected chi connectivity index (χ2v) is 4.78. The number of nitrogens with one attached hydrogen (secondary N) is 1. The minimum Gasteiger partial charge on any atom is -0.507 e. The van der Waals surface area contributed by atoms with Gasteiger partial charge >= 0.3 is 0 Å². The first-order chi connectivity index (χ1) is 8.08. The number of phenolic OH excluding ortho intramolecular Hbond substituents is 1. The van der Waals surface area contributed by atoms with Gasteiger partial charge < -0.3 is 16.2 Å². The lowest BCUT2D eigenvalue weighted by molar-refractivity contribution is 0.0932. The van der Waals surface area contributed by atoms with E-state index in [1.54, 1.807) is 25.1 Å². The van der Waals surface area contributed by atoms with Crippen LogP contribution >= 0.6 is 0 Å². The summed E-state index contributed by atoms with van der Waals surface area (Å²) >= 11 is 0. The lowest BCUT2D eigenvalue weighted by Gasteiger charge is -2.32. The summed E-state index contributed by atoms with van der Waals surface area (Å²) in [7, 11) is 0. The molecule has 4 nitrogen and oxygen atoms in total. The Morgan fingerprint density at radius 1 is 1.53 bits per heavy atom. The third-order valence-corrected chi connectivity index (χ3v) is 3.31. The molecule has 0 aliphatic heterocycles. The number of amides is 1. The lowest BCUT2D eigenvalue weighted by Crippen LogP contribution is -2.42. The largest absolute Gasteiger partial charge is 0.507 e. The average molecular weight is 234 g/mol. The van der Waals surface area contributed by atoms with Crippen molar-refractivity contribution in [3.63, 3.8) is 0 Å². The Morgan fingerprint density at radius 3 is 2.88 bits per heavy atom. The third kappa shape index (κ3) is 2.58. The number of hydrogen-bond acceptors (Lipinski definition) is 3. The number of aromatic hydroxyl groups is 1. The van der Waals surface area contributed by atoms with Crippen LogP contribution in [0.5, 0.6) is 5.75 Å². The van der Waals surface area contributed by atoms with E-state index in [-0.39, 0.29) is 11.7 Å². The van der Waals surface area contributed by atoms with Crippen LogP contribution in [0.25, 0.3) is 0 Å². The molecule has 0 bridgehead atoms. The molecule has 92 valence electrons. The molecule has 0 heterocycles. The molecule has 1 aliphatic rings. The van der Waals surface area contributed by atoms with E-state index in [0.29, 0.717) is 29.6 Å². The summed E-state index contributed by atoms with van der Waals surface area (Å²) in [6.45, 7) is 2.41. The fourth-order valence-electron chi connectivity index (χ4n) is 2.13. The Bertz CT molecular complexity index is 425. The molecule has 1 fully saturated rings. The maximum absolute atomic E-state index is 11.8. The molecule has 0 spiro atoms. The highest BCUT2D eigenvalue weighted by Crippen LogP contribution is 2.25. The van der Waals surface area contributed by atoms with Crippen molar-refractivity contribution in [2.45, 2.75) is 25.8 Å². The maximum Gasteiger partial charge on any atom is 0.255 e. The minimum atomic E-state index is -0.216. The monoisotopic (exact) mass is 234 g/mol. The van der Waals surface area contributed by atoms with Crippen molar-refractivity contribution in [2.24, 2.45) is 11.7 Å². The molecule has 0 aromatic heterocycles. The van der Waals surface area contributed by atoms with Crippen molar-refractivity contribution in [1.29, 1.82) is 0 Å². The van der Waals surface area contributed by atoms with Crippen LogP contribution in [0.3, 0.4) is 0 Å². The number of nitrogens with two attached hydrogens (primary N) is 1. The smallest absolute Gasteiger partial charge is 0.255 e. The highest BCUT2D eigenvalue weighted by Gasteiger charge is 2.26. The predicted molar refractivity (Wildman–Crippen MR) is 65.9 cm³/mol. The Balaban J connectivity index is 1.93. The van der Waals surface area contributed by atoms with Gasteiger partial charge in [0.25, 0.3) is 5.91 Å². The quantitative estimate of drug-likeness (QED) is 0.734. The lowest BCUT2D eigenvalue weighted by atomic mass is 9.81. The first kappa shape index (κ1) is 11.9. The van der Waals surface area contributed by atoms with E-state index in [1.165, 1.54) is 0 Å². The number of carbonyl (C=O) groups is 1. The maximum atomic E-state index is 11.8. The van der Waals surface area contributed by atoms with Gasteiger partial charge in [0.2, 0.25) is 0 Å². The Kier molecular flexibility index (Phi) is 3.33. The molecule has 1 amide bonds. The highest BCUT2D eigenvalue weighted by molar-refractivity contribution is 5.97. The molecule has 0 atom stereocenters. The van der Waals surface area contributed by atoms with Gasteiger partial charge in [-0.15, -0.1) is 0 Å². The molecule has 1 saturated carbocycles. The van der Waals surface area contributed by atoms with Crippen molar-refractivity contribution in [3.8, 4) is 5.75 Å². The zero-order valence-electron chi connectivity index (χ0n) is 9.94. The summed E-state index contributed by atoms with van der Waals surface area (Å²) in [5.74, 6) is 0.336. The van der Waals surface area contributed by atoms with Gasteiger partial charge in [0.15, 0.2) is 0 Å². The van der Waals surface area contributed by atoms with Gasteiger partial charge in [0.1, 0.15) is 5.75 Å². The number of phenols is 1. The summed E-state index contributed by atoms with van der Waals surface area (Å²) in [5.41, 5.74) is 6.73. The molecule has 4 N–H and O–H groups in total. The molecule has 1 aromatic rings. The zero-order chi connectivity index (χ0) is 12.4. The Hall–Kier alpha value is -1.55. The molecular formula is C13H18N2O2. The second kappa shape index (κ2) is 4.75. The van der Waals surface area contributed by atoms with Gasteiger partial charge in [-0.05, 0) is 37.3 Å².